The summed E-state index contributed by atoms with van der Waals surface area (Å²) >= 11 is 3.11. The Morgan fingerprint density at radius 1 is 1.33 bits per heavy atom. The fourth-order valence-corrected chi connectivity index (χ4v) is 2.08. The second-order valence-electron chi connectivity index (χ2n) is 4.81. The van der Waals surface area contributed by atoms with E-state index in [9.17, 15) is 8.78 Å². The average molecular weight is 357 g/mol. The molecule has 0 radical (unpaired) electrons. The first-order chi connectivity index (χ1) is 9.97. The topological polar surface area (TPSA) is 34.2 Å². The zero-order valence-electron chi connectivity index (χ0n) is 11.7. The van der Waals surface area contributed by atoms with Crippen molar-refractivity contribution in [2.75, 3.05) is 0 Å². The molecule has 2 aromatic rings. The van der Waals surface area contributed by atoms with Crippen LogP contribution in [-0.4, -0.2) is 11.0 Å². The van der Waals surface area contributed by atoms with Crippen LogP contribution in [0.15, 0.2) is 34.9 Å². The number of halogens is 3. The summed E-state index contributed by atoms with van der Waals surface area (Å²) in [6.07, 6.45) is 1.54. The van der Waals surface area contributed by atoms with Crippen molar-refractivity contribution in [2.45, 2.75) is 26.4 Å². The normalized spacial score (nSPS) is 11.0. The van der Waals surface area contributed by atoms with E-state index in [-0.39, 0.29) is 17.7 Å². The quantitative estimate of drug-likeness (QED) is 0.805. The lowest BCUT2D eigenvalue weighted by molar-refractivity contribution is 0.399. The fourth-order valence-electron chi connectivity index (χ4n) is 1.68. The van der Waals surface area contributed by atoms with E-state index < -0.39 is 11.6 Å². The minimum Gasteiger partial charge on any atom is -0.435 e. The maximum absolute atomic E-state index is 13.7. The number of rotatable bonds is 5. The summed E-state index contributed by atoms with van der Waals surface area (Å²) in [4.78, 5) is 4.09. The highest BCUT2D eigenvalue weighted by atomic mass is 79.9. The van der Waals surface area contributed by atoms with Gasteiger partial charge in [-0.1, -0.05) is 35.8 Å². The van der Waals surface area contributed by atoms with E-state index in [0.717, 1.165) is 11.6 Å². The van der Waals surface area contributed by atoms with Crippen molar-refractivity contribution in [2.24, 2.45) is 0 Å². The molecule has 0 saturated heterocycles. The molecule has 0 atom stereocenters. The van der Waals surface area contributed by atoms with Gasteiger partial charge in [-0.3, -0.25) is 0 Å². The predicted octanol–water partition coefficient (Wildman–Crippen LogP) is 4.41. The van der Waals surface area contributed by atoms with Crippen molar-refractivity contribution in [3.8, 4) is 11.6 Å². The van der Waals surface area contributed by atoms with Gasteiger partial charge in [-0.25, -0.2) is 9.37 Å². The minimum atomic E-state index is -1.04. The lowest BCUT2D eigenvalue weighted by Gasteiger charge is -2.13. The number of pyridine rings is 1. The van der Waals surface area contributed by atoms with Gasteiger partial charge in [-0.05, 0) is 18.2 Å². The van der Waals surface area contributed by atoms with E-state index in [1.807, 2.05) is 19.9 Å². The van der Waals surface area contributed by atoms with Crippen LogP contribution in [0.3, 0.4) is 0 Å². The third-order valence-corrected chi connectivity index (χ3v) is 3.17. The Morgan fingerprint density at radius 3 is 2.81 bits per heavy atom. The number of hydrogen-bond donors (Lipinski definition) is 1. The van der Waals surface area contributed by atoms with Crippen LogP contribution in [0.5, 0.6) is 11.6 Å². The molecule has 6 heteroatoms. The molecule has 21 heavy (non-hydrogen) atoms. The summed E-state index contributed by atoms with van der Waals surface area (Å²) in [5, 5.41) is 3.23. The highest BCUT2D eigenvalue weighted by molar-refractivity contribution is 9.10. The van der Waals surface area contributed by atoms with Crippen molar-refractivity contribution in [3.63, 3.8) is 0 Å². The first-order valence-corrected chi connectivity index (χ1v) is 7.26. The summed E-state index contributed by atoms with van der Waals surface area (Å²) in [6.45, 7) is 4.56. The molecular weight excluding hydrogens is 342 g/mol. The number of hydrogen-bond acceptors (Lipinski definition) is 3. The molecule has 2 rings (SSSR count). The summed E-state index contributed by atoms with van der Waals surface area (Å²) in [5.41, 5.74) is 0.769. The van der Waals surface area contributed by atoms with Gasteiger partial charge in [-0.2, -0.15) is 4.39 Å². The summed E-state index contributed by atoms with van der Waals surface area (Å²) < 4.78 is 33.0. The van der Waals surface area contributed by atoms with E-state index >= 15 is 0 Å². The Hall–Kier alpha value is -1.53. The number of benzene rings is 1. The molecule has 0 saturated carbocycles. The van der Waals surface area contributed by atoms with Crippen molar-refractivity contribution >= 4 is 15.9 Å². The van der Waals surface area contributed by atoms with Gasteiger partial charge in [0.2, 0.25) is 11.7 Å². The lowest BCUT2D eigenvalue weighted by atomic mass is 10.2. The highest BCUT2D eigenvalue weighted by Crippen LogP contribution is 2.30. The highest BCUT2D eigenvalue weighted by Gasteiger charge is 2.14. The van der Waals surface area contributed by atoms with Gasteiger partial charge in [0.25, 0.3) is 0 Å². The minimum absolute atomic E-state index is 0.202. The van der Waals surface area contributed by atoms with Crippen LogP contribution in [0.4, 0.5) is 8.78 Å². The molecule has 1 N–H and O–H groups in total. The SMILES string of the molecule is CC(C)NCc1cccnc1Oc1cc(Br)cc(F)c1F. The molecule has 3 nitrogen and oxygen atoms in total. The van der Waals surface area contributed by atoms with Crippen molar-refractivity contribution in [1.82, 2.24) is 10.3 Å². The Kier molecular flexibility index (Phi) is 5.25. The van der Waals surface area contributed by atoms with Gasteiger partial charge < -0.3 is 10.1 Å². The van der Waals surface area contributed by atoms with Gasteiger partial charge in [0.1, 0.15) is 0 Å². The van der Waals surface area contributed by atoms with Crippen LogP contribution in [0.1, 0.15) is 19.4 Å². The predicted molar refractivity (Wildman–Crippen MR) is 80.3 cm³/mol. The molecule has 0 aliphatic carbocycles. The van der Waals surface area contributed by atoms with Gasteiger partial charge in [0.05, 0.1) is 0 Å². The molecule has 0 unspecified atom stereocenters. The number of ether oxygens (including phenoxy) is 1. The van der Waals surface area contributed by atoms with Crippen LogP contribution in [0.25, 0.3) is 0 Å². The second kappa shape index (κ2) is 6.95. The van der Waals surface area contributed by atoms with Crippen LogP contribution in [0, 0.1) is 11.6 Å². The number of aromatic nitrogens is 1. The zero-order chi connectivity index (χ0) is 15.4. The standard InChI is InChI=1S/C15H15BrF2N2O/c1-9(2)20-8-10-4-3-5-19-15(10)21-13-7-11(16)6-12(17)14(13)18/h3-7,9,20H,8H2,1-2H3. The van der Waals surface area contributed by atoms with Crippen molar-refractivity contribution in [1.29, 1.82) is 0 Å². The Morgan fingerprint density at radius 2 is 2.10 bits per heavy atom. The third kappa shape index (κ3) is 4.22. The van der Waals surface area contributed by atoms with Gasteiger partial charge >= 0.3 is 0 Å². The molecule has 0 bridgehead atoms. The smallest absolute Gasteiger partial charge is 0.223 e. The Bertz CT molecular complexity index is 635. The molecular formula is C15H15BrF2N2O. The van der Waals surface area contributed by atoms with E-state index in [0.29, 0.717) is 11.0 Å². The van der Waals surface area contributed by atoms with Gasteiger partial charge in [0.15, 0.2) is 11.6 Å². The molecule has 0 spiro atoms. The Labute approximate surface area is 130 Å². The first kappa shape index (κ1) is 15.9. The Balaban J connectivity index is 2.27. The molecule has 0 amide bonds. The van der Waals surface area contributed by atoms with E-state index in [1.165, 1.54) is 6.07 Å². The van der Waals surface area contributed by atoms with E-state index in [2.05, 4.69) is 26.2 Å². The average Bonchev–Trinajstić information content (AvgIpc) is 2.43. The van der Waals surface area contributed by atoms with Crippen LogP contribution in [-0.2, 0) is 6.54 Å². The third-order valence-electron chi connectivity index (χ3n) is 2.72. The van der Waals surface area contributed by atoms with Gasteiger partial charge in [0, 0.05) is 28.8 Å². The molecule has 0 aliphatic rings. The monoisotopic (exact) mass is 356 g/mol. The van der Waals surface area contributed by atoms with Crippen LogP contribution < -0.4 is 10.1 Å². The maximum Gasteiger partial charge on any atom is 0.223 e. The lowest BCUT2D eigenvalue weighted by Crippen LogP contribution is -2.22. The van der Waals surface area contributed by atoms with E-state index in [4.69, 9.17) is 4.74 Å². The second-order valence-corrected chi connectivity index (χ2v) is 5.72. The van der Waals surface area contributed by atoms with Crippen LogP contribution in [0.2, 0.25) is 0 Å². The molecule has 1 aromatic carbocycles. The molecule has 0 aliphatic heterocycles. The number of nitrogens with one attached hydrogen (secondary N) is 1. The van der Waals surface area contributed by atoms with Crippen molar-refractivity contribution in [3.05, 3.63) is 52.1 Å². The van der Waals surface area contributed by atoms with E-state index in [1.54, 1.807) is 12.3 Å². The molecule has 1 aromatic heterocycles. The van der Waals surface area contributed by atoms with Gasteiger partial charge in [-0.15, -0.1) is 0 Å². The zero-order valence-corrected chi connectivity index (χ0v) is 13.2. The van der Waals surface area contributed by atoms with Crippen LogP contribution >= 0.6 is 15.9 Å². The molecule has 0 fully saturated rings. The number of nitrogens with zero attached hydrogens (tertiary/aromatic N) is 1. The summed E-state index contributed by atoms with van der Waals surface area (Å²) in [6, 6.07) is 6.29. The molecule has 1 heterocycles. The maximum atomic E-state index is 13.7. The summed E-state index contributed by atoms with van der Waals surface area (Å²) in [5.74, 6) is -1.96. The molecule has 112 valence electrons. The first-order valence-electron chi connectivity index (χ1n) is 6.47. The fraction of sp³-hybridized carbons (Fsp3) is 0.267. The largest absolute Gasteiger partial charge is 0.435 e. The van der Waals surface area contributed by atoms with Crippen molar-refractivity contribution < 1.29 is 13.5 Å². The summed E-state index contributed by atoms with van der Waals surface area (Å²) in [7, 11) is 0.